The third-order valence-corrected chi connectivity index (χ3v) is 2.02. The number of nitrogen functional groups attached to an aromatic ring is 1. The summed E-state index contributed by atoms with van der Waals surface area (Å²) in [6.07, 6.45) is -2.36. The number of nitrogens with zero attached hydrogens (tertiary/aromatic N) is 1. The molecule has 0 bridgehead atoms. The fourth-order valence-corrected chi connectivity index (χ4v) is 0.989. The van der Waals surface area contributed by atoms with Crippen LogP contribution in [-0.2, 0) is 0 Å². The van der Waals surface area contributed by atoms with Crippen LogP contribution in [0.25, 0.3) is 0 Å². The molecule has 0 aliphatic carbocycles. The topological polar surface area (TPSA) is 50.9 Å². The first kappa shape index (κ1) is 12.5. The standard InChI is InChI=1S/C9H11F4N3/c1-5-2-3-15-7(6(5)14)16-4-9(12,13)8(10)11/h2-3,8H,4,14H2,1H3,(H,15,16). The molecule has 0 aromatic carbocycles. The SMILES string of the molecule is Cc1ccnc(NCC(F)(F)C(F)F)c1N. The molecule has 3 nitrogen and oxygen atoms in total. The average Bonchev–Trinajstić information content (AvgIpc) is 2.20. The lowest BCUT2D eigenvalue weighted by Gasteiger charge is -2.17. The first-order valence-corrected chi connectivity index (χ1v) is 4.45. The van der Waals surface area contributed by atoms with E-state index in [0.29, 0.717) is 5.56 Å². The van der Waals surface area contributed by atoms with Crippen molar-refractivity contribution in [3.05, 3.63) is 17.8 Å². The molecule has 90 valence electrons. The van der Waals surface area contributed by atoms with Crippen molar-refractivity contribution in [2.24, 2.45) is 0 Å². The van der Waals surface area contributed by atoms with Crippen molar-refractivity contribution in [2.45, 2.75) is 19.3 Å². The van der Waals surface area contributed by atoms with E-state index in [9.17, 15) is 17.6 Å². The smallest absolute Gasteiger partial charge is 0.324 e. The van der Waals surface area contributed by atoms with Crippen LogP contribution in [-0.4, -0.2) is 23.9 Å². The minimum atomic E-state index is -4.10. The monoisotopic (exact) mass is 237 g/mol. The van der Waals surface area contributed by atoms with Gasteiger partial charge in [-0.15, -0.1) is 0 Å². The zero-order valence-corrected chi connectivity index (χ0v) is 8.48. The quantitative estimate of drug-likeness (QED) is 0.790. The molecule has 1 rings (SSSR count). The molecule has 16 heavy (non-hydrogen) atoms. The van der Waals surface area contributed by atoms with Crippen molar-refractivity contribution in [1.82, 2.24) is 4.98 Å². The number of aromatic nitrogens is 1. The molecular formula is C9H11F4N3. The summed E-state index contributed by atoms with van der Waals surface area (Å²) in [5.74, 6) is -4.11. The van der Waals surface area contributed by atoms with Gasteiger partial charge in [0.25, 0.3) is 0 Å². The van der Waals surface area contributed by atoms with Gasteiger partial charge in [0.05, 0.1) is 12.2 Å². The summed E-state index contributed by atoms with van der Waals surface area (Å²) in [6.45, 7) is 0.457. The van der Waals surface area contributed by atoms with E-state index in [1.165, 1.54) is 6.20 Å². The van der Waals surface area contributed by atoms with E-state index in [-0.39, 0.29) is 11.5 Å². The summed E-state index contributed by atoms with van der Waals surface area (Å²) >= 11 is 0. The van der Waals surface area contributed by atoms with Gasteiger partial charge in [0, 0.05) is 6.20 Å². The van der Waals surface area contributed by atoms with Gasteiger partial charge < -0.3 is 11.1 Å². The van der Waals surface area contributed by atoms with E-state index in [1.807, 2.05) is 0 Å². The third-order valence-electron chi connectivity index (χ3n) is 2.02. The summed E-state index contributed by atoms with van der Waals surface area (Å²) in [5.41, 5.74) is 6.34. The number of aryl methyl sites for hydroxylation is 1. The lowest BCUT2D eigenvalue weighted by Crippen LogP contribution is -2.35. The highest BCUT2D eigenvalue weighted by atomic mass is 19.3. The Morgan fingerprint density at radius 3 is 2.69 bits per heavy atom. The lowest BCUT2D eigenvalue weighted by molar-refractivity contribution is -0.117. The molecule has 0 amide bonds. The Labute approximate surface area is 89.7 Å². The van der Waals surface area contributed by atoms with Gasteiger partial charge in [0.15, 0.2) is 0 Å². The summed E-state index contributed by atoms with van der Waals surface area (Å²) in [5, 5.41) is 2.11. The molecule has 0 atom stereocenters. The van der Waals surface area contributed by atoms with Gasteiger partial charge in [0.1, 0.15) is 5.82 Å². The second-order valence-electron chi connectivity index (χ2n) is 3.31. The van der Waals surface area contributed by atoms with E-state index in [1.54, 1.807) is 13.0 Å². The zero-order chi connectivity index (χ0) is 12.3. The number of hydrogen-bond donors (Lipinski definition) is 2. The molecule has 0 saturated carbocycles. The maximum absolute atomic E-state index is 12.6. The molecule has 1 aromatic heterocycles. The van der Waals surface area contributed by atoms with Gasteiger partial charge in [-0.2, -0.15) is 8.78 Å². The predicted octanol–water partition coefficient (Wildman–Crippen LogP) is 2.28. The average molecular weight is 237 g/mol. The normalized spacial score (nSPS) is 11.9. The molecular weight excluding hydrogens is 226 g/mol. The van der Waals surface area contributed by atoms with E-state index in [2.05, 4.69) is 10.3 Å². The summed E-state index contributed by atoms with van der Waals surface area (Å²) < 4.78 is 48.9. The van der Waals surface area contributed by atoms with Crippen molar-refractivity contribution in [3.63, 3.8) is 0 Å². The van der Waals surface area contributed by atoms with Crippen LogP contribution in [0.4, 0.5) is 29.1 Å². The molecule has 1 heterocycles. The molecule has 0 aliphatic heterocycles. The van der Waals surface area contributed by atoms with Crippen LogP contribution >= 0.6 is 0 Å². The van der Waals surface area contributed by atoms with Crippen LogP contribution in [0.15, 0.2) is 12.3 Å². The number of halogens is 4. The molecule has 3 N–H and O–H groups in total. The number of anilines is 2. The van der Waals surface area contributed by atoms with Crippen molar-refractivity contribution in [3.8, 4) is 0 Å². The Balaban J connectivity index is 2.72. The van der Waals surface area contributed by atoms with Crippen LogP contribution in [0.1, 0.15) is 5.56 Å². The predicted molar refractivity (Wildman–Crippen MR) is 52.8 cm³/mol. The van der Waals surface area contributed by atoms with Crippen LogP contribution < -0.4 is 11.1 Å². The molecule has 7 heteroatoms. The minimum Gasteiger partial charge on any atom is -0.396 e. The number of pyridine rings is 1. The fourth-order valence-electron chi connectivity index (χ4n) is 0.989. The number of hydrogen-bond acceptors (Lipinski definition) is 3. The van der Waals surface area contributed by atoms with E-state index >= 15 is 0 Å². The molecule has 0 saturated heterocycles. The first-order valence-electron chi connectivity index (χ1n) is 4.45. The molecule has 0 fully saturated rings. The first-order chi connectivity index (χ1) is 7.34. The molecule has 1 aromatic rings. The Bertz CT molecular complexity index is 368. The Morgan fingerprint density at radius 1 is 1.50 bits per heavy atom. The van der Waals surface area contributed by atoms with E-state index in [4.69, 9.17) is 5.73 Å². The van der Waals surface area contributed by atoms with Crippen molar-refractivity contribution in [1.29, 1.82) is 0 Å². The Hall–Kier alpha value is -1.53. The van der Waals surface area contributed by atoms with Gasteiger partial charge >= 0.3 is 12.3 Å². The van der Waals surface area contributed by atoms with Crippen LogP contribution in [0, 0.1) is 6.92 Å². The number of rotatable bonds is 4. The highest BCUT2D eigenvalue weighted by Gasteiger charge is 2.40. The van der Waals surface area contributed by atoms with Gasteiger partial charge in [-0.05, 0) is 18.6 Å². The van der Waals surface area contributed by atoms with Gasteiger partial charge in [-0.25, -0.2) is 13.8 Å². The number of nitrogens with two attached hydrogens (primary N) is 1. The highest BCUT2D eigenvalue weighted by molar-refractivity contribution is 5.64. The fraction of sp³-hybridized carbons (Fsp3) is 0.444. The van der Waals surface area contributed by atoms with Gasteiger partial charge in [0.2, 0.25) is 0 Å². The van der Waals surface area contributed by atoms with Crippen molar-refractivity contribution >= 4 is 11.5 Å². The largest absolute Gasteiger partial charge is 0.396 e. The second-order valence-corrected chi connectivity index (χ2v) is 3.31. The lowest BCUT2D eigenvalue weighted by atomic mass is 10.2. The minimum absolute atomic E-state index is 0.0136. The molecule has 0 radical (unpaired) electrons. The van der Waals surface area contributed by atoms with Crippen molar-refractivity contribution in [2.75, 3.05) is 17.6 Å². The summed E-state index contributed by atoms with van der Waals surface area (Å²) in [4.78, 5) is 3.69. The Kier molecular flexibility index (Phi) is 3.56. The van der Waals surface area contributed by atoms with E-state index < -0.39 is 18.9 Å². The maximum atomic E-state index is 12.6. The summed E-state index contributed by atoms with van der Waals surface area (Å²) in [7, 11) is 0. The molecule has 0 unspecified atom stereocenters. The van der Waals surface area contributed by atoms with Crippen molar-refractivity contribution < 1.29 is 17.6 Å². The molecule has 0 spiro atoms. The highest BCUT2D eigenvalue weighted by Crippen LogP contribution is 2.25. The van der Waals surface area contributed by atoms with E-state index in [0.717, 1.165) is 0 Å². The second kappa shape index (κ2) is 4.54. The molecule has 0 aliphatic rings. The number of alkyl halides is 4. The van der Waals surface area contributed by atoms with Crippen LogP contribution in [0.3, 0.4) is 0 Å². The van der Waals surface area contributed by atoms with Gasteiger partial charge in [-0.3, -0.25) is 0 Å². The zero-order valence-electron chi connectivity index (χ0n) is 8.48. The summed E-state index contributed by atoms with van der Waals surface area (Å²) in [6, 6.07) is 1.59. The van der Waals surface area contributed by atoms with Crippen LogP contribution in [0.2, 0.25) is 0 Å². The number of nitrogens with one attached hydrogen (secondary N) is 1. The maximum Gasteiger partial charge on any atom is 0.324 e. The third kappa shape index (κ3) is 2.74. The van der Waals surface area contributed by atoms with Crippen LogP contribution in [0.5, 0.6) is 0 Å². The Morgan fingerprint density at radius 2 is 2.12 bits per heavy atom. The van der Waals surface area contributed by atoms with Gasteiger partial charge in [-0.1, -0.05) is 0 Å².